The van der Waals surface area contributed by atoms with Gasteiger partial charge in [0, 0.05) is 30.1 Å². The van der Waals surface area contributed by atoms with Crippen molar-refractivity contribution < 1.29 is 18.0 Å². The molecule has 3 rings (SSSR count). The summed E-state index contributed by atoms with van der Waals surface area (Å²) in [6.07, 6.45) is 0.347. The first-order valence-corrected chi connectivity index (χ1v) is 10.1. The summed E-state index contributed by atoms with van der Waals surface area (Å²) in [5.41, 5.74) is 1.71. The third-order valence-corrected chi connectivity index (χ3v) is 5.95. The number of aromatic nitrogens is 1. The van der Waals surface area contributed by atoms with E-state index in [1.807, 2.05) is 12.1 Å². The van der Waals surface area contributed by atoms with Crippen LogP contribution in [0.15, 0.2) is 53.1 Å². The molecule has 1 N–H and O–H groups in total. The third-order valence-electron chi connectivity index (χ3n) is 3.98. The fourth-order valence-corrected chi connectivity index (χ4v) is 4.41. The van der Waals surface area contributed by atoms with E-state index >= 15 is 0 Å². The number of rotatable bonds is 8. The molecule has 0 amide bonds. The highest BCUT2D eigenvalue weighted by molar-refractivity contribution is 7.88. The van der Waals surface area contributed by atoms with Crippen LogP contribution >= 0.6 is 11.6 Å². The van der Waals surface area contributed by atoms with Crippen LogP contribution in [-0.4, -0.2) is 36.1 Å². The summed E-state index contributed by atoms with van der Waals surface area (Å²) in [6, 6.07) is 14.2. The second-order valence-corrected chi connectivity index (χ2v) is 8.33. The largest absolute Gasteiger partial charge is 0.396 e. The molecule has 0 aliphatic heterocycles. The van der Waals surface area contributed by atoms with Gasteiger partial charge in [-0.15, -0.1) is 0 Å². The van der Waals surface area contributed by atoms with Crippen LogP contribution in [0.25, 0.3) is 11.0 Å². The fourth-order valence-electron chi connectivity index (χ4n) is 2.71. The Morgan fingerprint density at radius 1 is 1.15 bits per heavy atom. The maximum absolute atomic E-state index is 13.0. The van der Waals surface area contributed by atoms with Crippen LogP contribution in [0.1, 0.15) is 17.7 Å². The number of aliphatic hydroxyl groups is 1. The number of aliphatic hydroxyl groups excluding tert-OH is 1. The summed E-state index contributed by atoms with van der Waals surface area (Å²) >= 11 is 6.00. The van der Waals surface area contributed by atoms with Gasteiger partial charge in [0.1, 0.15) is 11.4 Å². The van der Waals surface area contributed by atoms with Crippen molar-refractivity contribution in [2.75, 3.05) is 13.2 Å². The van der Waals surface area contributed by atoms with Gasteiger partial charge in [0.05, 0.1) is 0 Å². The quantitative estimate of drug-likeness (QED) is 0.634. The molecular formula is C18H19ClN2O4S. The van der Waals surface area contributed by atoms with Crippen LogP contribution in [0.3, 0.4) is 0 Å². The van der Waals surface area contributed by atoms with Crippen molar-refractivity contribution in [3.8, 4) is 0 Å². The Morgan fingerprint density at radius 2 is 1.96 bits per heavy atom. The number of hydrogen-bond acceptors (Lipinski definition) is 5. The zero-order valence-electron chi connectivity index (χ0n) is 14.0. The molecule has 6 nitrogen and oxygen atoms in total. The van der Waals surface area contributed by atoms with Crippen LogP contribution in [-0.2, 0) is 22.3 Å². The number of fused-ring (bicyclic) bond motifs is 1. The van der Waals surface area contributed by atoms with Crippen LogP contribution < -0.4 is 0 Å². The van der Waals surface area contributed by atoms with Gasteiger partial charge in [-0.25, -0.2) is 8.42 Å². The second kappa shape index (κ2) is 8.18. The van der Waals surface area contributed by atoms with E-state index in [1.165, 1.54) is 4.31 Å². The van der Waals surface area contributed by atoms with Crippen molar-refractivity contribution in [2.24, 2.45) is 0 Å². The zero-order chi connectivity index (χ0) is 18.6. The topological polar surface area (TPSA) is 83.6 Å². The lowest BCUT2D eigenvalue weighted by Crippen LogP contribution is -2.33. The number of halogens is 1. The molecule has 0 aliphatic rings. The Balaban J connectivity index is 1.86. The summed E-state index contributed by atoms with van der Waals surface area (Å²) in [6.45, 7) is 0.300. The van der Waals surface area contributed by atoms with E-state index in [4.69, 9.17) is 21.2 Å². The minimum atomic E-state index is -3.66. The first-order chi connectivity index (χ1) is 12.5. The van der Waals surface area contributed by atoms with Crippen LogP contribution in [0.5, 0.6) is 0 Å². The highest BCUT2D eigenvalue weighted by Crippen LogP contribution is 2.22. The lowest BCUT2D eigenvalue weighted by molar-refractivity contribution is 0.267. The predicted molar refractivity (Wildman–Crippen MR) is 100 cm³/mol. The minimum absolute atomic E-state index is 0.0888. The molecule has 138 valence electrons. The Kier molecular flexibility index (Phi) is 5.93. The van der Waals surface area contributed by atoms with Gasteiger partial charge < -0.3 is 9.63 Å². The summed E-state index contributed by atoms with van der Waals surface area (Å²) in [7, 11) is -3.66. The molecule has 1 aromatic heterocycles. The van der Waals surface area contributed by atoms with Crippen molar-refractivity contribution in [3.05, 3.63) is 64.8 Å². The fraction of sp³-hybridized carbons (Fsp3) is 0.278. The molecule has 0 aliphatic carbocycles. The van der Waals surface area contributed by atoms with E-state index < -0.39 is 10.0 Å². The van der Waals surface area contributed by atoms with Crippen molar-refractivity contribution in [1.82, 2.24) is 9.46 Å². The van der Waals surface area contributed by atoms with Crippen molar-refractivity contribution in [2.45, 2.75) is 18.7 Å². The number of nitrogens with zero attached hydrogens (tertiary/aromatic N) is 2. The predicted octanol–water partition coefficient (Wildman–Crippen LogP) is 3.20. The number of sulfonamides is 1. The lowest BCUT2D eigenvalue weighted by atomic mass is 10.2. The SMILES string of the molecule is O=S(=O)(Cc1noc2ccccc12)N(CCCO)Cc1cccc(Cl)c1. The third kappa shape index (κ3) is 4.42. The zero-order valence-corrected chi connectivity index (χ0v) is 15.6. The molecule has 1 heterocycles. The molecular weight excluding hydrogens is 376 g/mol. The maximum atomic E-state index is 13.0. The van der Waals surface area contributed by atoms with Crippen LogP contribution in [0.2, 0.25) is 5.02 Å². The Hall–Kier alpha value is -1.93. The van der Waals surface area contributed by atoms with Crippen LogP contribution in [0, 0.1) is 0 Å². The molecule has 0 saturated carbocycles. The van der Waals surface area contributed by atoms with Gasteiger partial charge in [0.25, 0.3) is 0 Å². The van der Waals surface area contributed by atoms with Crippen molar-refractivity contribution in [3.63, 3.8) is 0 Å². The Labute approximate surface area is 157 Å². The number of para-hydroxylation sites is 1. The summed E-state index contributed by atoms with van der Waals surface area (Å²) in [5, 5.41) is 14.3. The van der Waals surface area contributed by atoms with E-state index in [9.17, 15) is 8.42 Å². The standard InChI is InChI=1S/C18H19ClN2O4S/c19-15-6-3-5-14(11-15)12-21(9-4-10-22)26(23,24)13-17-16-7-1-2-8-18(16)25-20-17/h1-3,5-8,11,22H,4,9-10,12-13H2. The average Bonchev–Trinajstić information content (AvgIpc) is 3.01. The maximum Gasteiger partial charge on any atom is 0.220 e. The van der Waals surface area contributed by atoms with Gasteiger partial charge in [0.15, 0.2) is 5.58 Å². The van der Waals surface area contributed by atoms with Gasteiger partial charge in [-0.1, -0.05) is 41.0 Å². The van der Waals surface area contributed by atoms with Crippen molar-refractivity contribution in [1.29, 1.82) is 0 Å². The first-order valence-electron chi connectivity index (χ1n) is 8.16. The first kappa shape index (κ1) is 18.8. The number of hydrogen-bond donors (Lipinski definition) is 1. The van der Waals surface area contributed by atoms with Crippen LogP contribution in [0.4, 0.5) is 0 Å². The molecule has 2 aromatic carbocycles. The molecule has 3 aromatic rings. The van der Waals surface area contributed by atoms with E-state index in [0.717, 1.165) is 5.56 Å². The van der Waals surface area contributed by atoms with Gasteiger partial charge >= 0.3 is 0 Å². The van der Waals surface area contributed by atoms with E-state index in [0.29, 0.717) is 28.1 Å². The highest BCUT2D eigenvalue weighted by atomic mass is 35.5. The average molecular weight is 395 g/mol. The number of benzene rings is 2. The molecule has 0 atom stereocenters. The summed E-state index contributed by atoms with van der Waals surface area (Å²) < 4.78 is 32.5. The van der Waals surface area contributed by atoms with Gasteiger partial charge in [0.2, 0.25) is 10.0 Å². The van der Waals surface area contributed by atoms with E-state index in [1.54, 1.807) is 36.4 Å². The van der Waals surface area contributed by atoms with Gasteiger partial charge in [-0.3, -0.25) is 0 Å². The van der Waals surface area contributed by atoms with Gasteiger partial charge in [-0.05, 0) is 36.2 Å². The molecule has 0 unspecified atom stereocenters. The monoisotopic (exact) mass is 394 g/mol. The van der Waals surface area contributed by atoms with E-state index in [-0.39, 0.29) is 25.4 Å². The molecule has 0 fully saturated rings. The highest BCUT2D eigenvalue weighted by Gasteiger charge is 2.25. The van der Waals surface area contributed by atoms with E-state index in [2.05, 4.69) is 5.16 Å². The molecule has 0 radical (unpaired) electrons. The molecule has 0 spiro atoms. The Bertz CT molecular complexity index is 988. The van der Waals surface area contributed by atoms with Crippen molar-refractivity contribution >= 4 is 32.6 Å². The second-order valence-electron chi connectivity index (χ2n) is 5.92. The minimum Gasteiger partial charge on any atom is -0.396 e. The summed E-state index contributed by atoms with van der Waals surface area (Å²) in [4.78, 5) is 0. The van der Waals surface area contributed by atoms with Gasteiger partial charge in [-0.2, -0.15) is 4.31 Å². The lowest BCUT2D eigenvalue weighted by Gasteiger charge is -2.21. The summed E-state index contributed by atoms with van der Waals surface area (Å²) in [5.74, 6) is -0.268. The normalized spacial score (nSPS) is 12.1. The Morgan fingerprint density at radius 3 is 2.73 bits per heavy atom. The molecule has 0 bridgehead atoms. The molecule has 8 heteroatoms. The molecule has 26 heavy (non-hydrogen) atoms. The smallest absolute Gasteiger partial charge is 0.220 e. The molecule has 0 saturated heterocycles.